The minimum Gasteiger partial charge on any atom is -0.374 e. The summed E-state index contributed by atoms with van der Waals surface area (Å²) in [6, 6.07) is 9.91. The van der Waals surface area contributed by atoms with Crippen molar-refractivity contribution in [1.82, 2.24) is 9.78 Å². The molecule has 6 rings (SSSR count). The van der Waals surface area contributed by atoms with Crippen molar-refractivity contribution < 1.29 is 13.5 Å². The summed E-state index contributed by atoms with van der Waals surface area (Å²) in [5.74, 6) is -1.08. The molecule has 3 aromatic rings. The van der Waals surface area contributed by atoms with Gasteiger partial charge >= 0.3 is 0 Å². The van der Waals surface area contributed by atoms with Crippen LogP contribution in [0, 0.1) is 11.6 Å². The van der Waals surface area contributed by atoms with Gasteiger partial charge in [-0.05, 0) is 36.8 Å². The Bertz CT molecular complexity index is 1190. The van der Waals surface area contributed by atoms with E-state index in [0.717, 1.165) is 25.3 Å². The Morgan fingerprint density at radius 3 is 2.73 bits per heavy atom. The van der Waals surface area contributed by atoms with Crippen LogP contribution < -0.4 is 10.2 Å². The Kier molecular flexibility index (Phi) is 3.88. The average molecular weight is 428 g/mol. The zero-order valence-corrected chi connectivity index (χ0v) is 16.4. The molecule has 2 bridgehead atoms. The van der Waals surface area contributed by atoms with Crippen molar-refractivity contribution >= 4 is 34.6 Å². The molecule has 9 heteroatoms. The lowest BCUT2D eigenvalue weighted by atomic mass is 10.1. The van der Waals surface area contributed by atoms with Crippen LogP contribution in [0.15, 0.2) is 47.6 Å². The van der Waals surface area contributed by atoms with Crippen LogP contribution in [0.4, 0.5) is 26.0 Å². The number of fused-ring (bicyclic) bond motifs is 5. The number of benzene rings is 2. The van der Waals surface area contributed by atoms with Gasteiger partial charge in [0, 0.05) is 12.2 Å². The number of morpholine rings is 1. The molecular formula is C21H16ClF2N5O. The maximum Gasteiger partial charge on any atom is 0.176 e. The molecule has 3 aliphatic heterocycles. The van der Waals surface area contributed by atoms with Crippen molar-refractivity contribution in [2.75, 3.05) is 23.4 Å². The fourth-order valence-corrected chi connectivity index (χ4v) is 4.56. The molecule has 0 spiro atoms. The molecule has 1 N–H and O–H groups in total. The maximum absolute atomic E-state index is 14.5. The quantitative estimate of drug-likeness (QED) is 0.663. The zero-order valence-electron chi connectivity index (χ0n) is 15.6. The van der Waals surface area contributed by atoms with Gasteiger partial charge in [-0.3, -0.25) is 0 Å². The lowest BCUT2D eigenvalue weighted by Gasteiger charge is -2.29. The van der Waals surface area contributed by atoms with Crippen molar-refractivity contribution in [3.63, 3.8) is 0 Å². The van der Waals surface area contributed by atoms with Crippen molar-refractivity contribution in [3.05, 3.63) is 64.8 Å². The number of halogens is 3. The fourth-order valence-electron chi connectivity index (χ4n) is 4.40. The van der Waals surface area contributed by atoms with E-state index in [1.54, 1.807) is 4.68 Å². The number of rotatable bonds is 2. The third-order valence-electron chi connectivity index (χ3n) is 5.81. The van der Waals surface area contributed by atoms with Crippen LogP contribution in [-0.2, 0) is 4.74 Å². The van der Waals surface area contributed by atoms with E-state index in [9.17, 15) is 8.78 Å². The minimum atomic E-state index is -0.711. The van der Waals surface area contributed by atoms with Crippen molar-refractivity contribution in [1.29, 1.82) is 0 Å². The first-order valence-corrected chi connectivity index (χ1v) is 10.0. The van der Waals surface area contributed by atoms with E-state index in [-0.39, 0.29) is 22.5 Å². The number of ether oxygens (including phenoxy) is 1. The summed E-state index contributed by atoms with van der Waals surface area (Å²) < 4.78 is 36.2. The summed E-state index contributed by atoms with van der Waals surface area (Å²) in [5, 5.41) is 7.72. The van der Waals surface area contributed by atoms with Gasteiger partial charge in [-0.2, -0.15) is 5.10 Å². The van der Waals surface area contributed by atoms with Crippen molar-refractivity contribution in [2.45, 2.75) is 18.6 Å². The highest BCUT2D eigenvalue weighted by Crippen LogP contribution is 2.39. The first-order chi connectivity index (χ1) is 14.6. The third-order valence-corrected chi connectivity index (χ3v) is 6.08. The standard InChI is InChI=1S/C21H16ClF2N5O/c22-14-8-25-29-18-7-11(28-9-13-6-12(28)10-30-13)4-5-17(18)26-20(27-21(14)29)19-15(23)2-1-3-16(19)24/h1-5,7-8,12-13H,6,9-10H2,(H,26,27). The minimum absolute atomic E-state index is 0.0365. The molecule has 2 unspecified atom stereocenters. The molecule has 152 valence electrons. The molecule has 1 aromatic heterocycles. The Morgan fingerprint density at radius 1 is 1.17 bits per heavy atom. The molecule has 2 atom stereocenters. The molecule has 0 radical (unpaired) electrons. The van der Waals surface area contributed by atoms with Gasteiger partial charge in [-0.25, -0.2) is 18.5 Å². The van der Waals surface area contributed by atoms with Crippen LogP contribution in [-0.4, -0.2) is 40.9 Å². The highest BCUT2D eigenvalue weighted by atomic mass is 35.5. The van der Waals surface area contributed by atoms with Crippen molar-refractivity contribution in [3.8, 4) is 5.69 Å². The van der Waals surface area contributed by atoms with E-state index in [1.165, 1.54) is 24.4 Å². The first-order valence-electron chi connectivity index (χ1n) is 9.65. The second-order valence-electron chi connectivity index (χ2n) is 7.61. The van der Waals surface area contributed by atoms with Gasteiger partial charge in [0.1, 0.15) is 22.5 Å². The fraction of sp³-hybridized carbons (Fsp3) is 0.238. The number of anilines is 2. The summed E-state index contributed by atoms with van der Waals surface area (Å²) in [4.78, 5) is 6.75. The van der Waals surface area contributed by atoms with Gasteiger partial charge in [0.05, 0.1) is 41.9 Å². The number of nitrogens with one attached hydrogen (secondary N) is 1. The molecule has 30 heavy (non-hydrogen) atoms. The van der Waals surface area contributed by atoms with Crippen LogP contribution in [0.2, 0.25) is 5.02 Å². The highest BCUT2D eigenvalue weighted by Gasteiger charge is 2.39. The van der Waals surface area contributed by atoms with Crippen LogP contribution in [0.25, 0.3) is 5.69 Å². The first kappa shape index (κ1) is 17.9. The summed E-state index contributed by atoms with van der Waals surface area (Å²) in [6.07, 6.45) is 2.76. The lowest BCUT2D eigenvalue weighted by Crippen LogP contribution is -2.36. The number of hydrogen-bond donors (Lipinski definition) is 1. The average Bonchev–Trinajstić information content (AvgIpc) is 3.42. The number of aromatic nitrogens is 2. The monoisotopic (exact) mass is 427 g/mol. The van der Waals surface area contributed by atoms with Crippen LogP contribution in [0.5, 0.6) is 0 Å². The zero-order chi connectivity index (χ0) is 20.4. The van der Waals surface area contributed by atoms with Crippen LogP contribution >= 0.6 is 11.6 Å². The second kappa shape index (κ2) is 6.52. The summed E-state index contributed by atoms with van der Waals surface area (Å²) in [7, 11) is 0. The normalized spacial score (nSPS) is 21.7. The molecular weight excluding hydrogens is 412 g/mol. The molecule has 2 aromatic carbocycles. The Balaban J connectivity index is 1.49. The smallest absolute Gasteiger partial charge is 0.176 e. The topological polar surface area (TPSA) is 54.7 Å². The number of aliphatic imine (C=N–C) groups is 1. The Morgan fingerprint density at radius 2 is 2.00 bits per heavy atom. The summed E-state index contributed by atoms with van der Waals surface area (Å²) >= 11 is 6.31. The maximum atomic E-state index is 14.5. The number of hydrogen-bond acceptors (Lipinski definition) is 5. The summed E-state index contributed by atoms with van der Waals surface area (Å²) in [6.45, 7) is 1.56. The third kappa shape index (κ3) is 2.64. The highest BCUT2D eigenvalue weighted by molar-refractivity contribution is 6.33. The molecule has 0 saturated carbocycles. The van der Waals surface area contributed by atoms with Crippen LogP contribution in [0.1, 0.15) is 12.0 Å². The lowest BCUT2D eigenvalue weighted by molar-refractivity contribution is 0.0991. The van der Waals surface area contributed by atoms with E-state index >= 15 is 0 Å². The van der Waals surface area contributed by atoms with Gasteiger partial charge in [-0.1, -0.05) is 17.7 Å². The predicted molar refractivity (Wildman–Crippen MR) is 110 cm³/mol. The second-order valence-corrected chi connectivity index (χ2v) is 8.02. The van der Waals surface area contributed by atoms with E-state index in [0.29, 0.717) is 23.2 Å². The predicted octanol–water partition coefficient (Wildman–Crippen LogP) is 4.29. The molecule has 2 fully saturated rings. The van der Waals surface area contributed by atoms with Gasteiger partial charge in [0.25, 0.3) is 0 Å². The van der Waals surface area contributed by atoms with E-state index < -0.39 is 11.6 Å². The number of nitrogens with zero attached hydrogens (tertiary/aromatic N) is 4. The van der Waals surface area contributed by atoms with Gasteiger partial charge < -0.3 is 15.0 Å². The Labute approximate surface area is 175 Å². The van der Waals surface area contributed by atoms with E-state index in [1.807, 2.05) is 18.2 Å². The molecule has 3 aliphatic rings. The van der Waals surface area contributed by atoms with Gasteiger partial charge in [0.15, 0.2) is 5.82 Å². The molecule has 2 saturated heterocycles. The summed E-state index contributed by atoms with van der Waals surface area (Å²) in [5.41, 5.74) is 2.12. The Hall–Kier alpha value is -2.97. The molecule has 6 nitrogen and oxygen atoms in total. The molecule has 0 aliphatic carbocycles. The van der Waals surface area contributed by atoms with Gasteiger partial charge in [0.2, 0.25) is 0 Å². The van der Waals surface area contributed by atoms with E-state index in [4.69, 9.17) is 16.3 Å². The SMILES string of the molecule is Fc1cccc(F)c1C1=Nc2c(Cl)cnn2-c2cc(N3CC4CC3CO4)ccc2N1. The van der Waals surface area contributed by atoms with Crippen molar-refractivity contribution in [2.24, 2.45) is 4.99 Å². The van der Waals surface area contributed by atoms with Crippen LogP contribution in [0.3, 0.4) is 0 Å². The van der Waals surface area contributed by atoms with Gasteiger partial charge in [-0.15, -0.1) is 0 Å². The number of amidine groups is 1. The largest absolute Gasteiger partial charge is 0.374 e. The molecule has 4 heterocycles. The van der Waals surface area contributed by atoms with E-state index in [2.05, 4.69) is 20.3 Å². The molecule has 0 amide bonds.